The Kier molecular flexibility index (Phi) is 5.68. The first-order valence-corrected chi connectivity index (χ1v) is 17.8. The summed E-state index contributed by atoms with van der Waals surface area (Å²) in [6, 6.07) is 57.5. The summed E-state index contributed by atoms with van der Waals surface area (Å²) in [5, 5.41) is 15.7. The zero-order valence-corrected chi connectivity index (χ0v) is 28.2. The zero-order valence-electron chi connectivity index (χ0n) is 28.2. The molecular formula is C47H27N5O. The van der Waals surface area contributed by atoms with E-state index < -0.39 is 0 Å². The van der Waals surface area contributed by atoms with Crippen molar-refractivity contribution < 1.29 is 4.42 Å². The van der Waals surface area contributed by atoms with Gasteiger partial charge in [0.1, 0.15) is 11.2 Å². The number of aromatic nitrogens is 5. The molecule has 0 N–H and O–H groups in total. The number of hydrogen-bond acceptors (Lipinski definition) is 4. The highest BCUT2D eigenvalue weighted by Gasteiger charge is 2.22. The lowest BCUT2D eigenvalue weighted by Crippen LogP contribution is -1.98. The summed E-state index contributed by atoms with van der Waals surface area (Å²) in [6.45, 7) is 0. The van der Waals surface area contributed by atoms with E-state index in [9.17, 15) is 0 Å². The third kappa shape index (κ3) is 4.00. The first-order valence-electron chi connectivity index (χ1n) is 17.8. The number of fused-ring (bicyclic) bond motifs is 13. The molecule has 53 heavy (non-hydrogen) atoms. The van der Waals surface area contributed by atoms with Crippen molar-refractivity contribution in [1.82, 2.24) is 24.1 Å². The molecule has 0 aliphatic heterocycles. The maximum Gasteiger partial charge on any atom is 0.253 e. The second kappa shape index (κ2) is 10.6. The standard InChI is InChI=1S/C47H27N5O/c1-3-13-31-28(11-1)22-25-39-43(31)44-32-14-4-2-12-29(32)23-26-40(44)51(39)37-18-8-6-17-36(37)46-49-47-48-45(35-16-5-9-19-38(35)52(47)50-46)30-21-24-34-33-15-7-10-20-41(33)53-42(34)27-30/h1-27H. The Hall–Kier alpha value is -7.31. The van der Waals surface area contributed by atoms with Crippen molar-refractivity contribution in [2.24, 2.45) is 0 Å². The number of para-hydroxylation sites is 3. The molecule has 12 aromatic rings. The van der Waals surface area contributed by atoms with Gasteiger partial charge in [0.2, 0.25) is 0 Å². The first kappa shape index (κ1) is 28.4. The van der Waals surface area contributed by atoms with Gasteiger partial charge in [-0.1, -0.05) is 115 Å². The van der Waals surface area contributed by atoms with E-state index >= 15 is 0 Å². The van der Waals surface area contributed by atoms with Gasteiger partial charge in [-0.15, -0.1) is 5.10 Å². The lowest BCUT2D eigenvalue weighted by atomic mass is 10.00. The smallest absolute Gasteiger partial charge is 0.253 e. The van der Waals surface area contributed by atoms with Crippen molar-refractivity contribution in [3.8, 4) is 28.3 Å². The molecule has 8 aromatic carbocycles. The van der Waals surface area contributed by atoms with E-state index in [4.69, 9.17) is 19.5 Å². The molecule has 0 aliphatic carbocycles. The van der Waals surface area contributed by atoms with Crippen LogP contribution in [0.25, 0.3) is 110 Å². The molecule has 0 saturated heterocycles. The van der Waals surface area contributed by atoms with Gasteiger partial charge in [-0.25, -0.2) is 4.98 Å². The van der Waals surface area contributed by atoms with Gasteiger partial charge in [0.25, 0.3) is 5.78 Å². The highest BCUT2D eigenvalue weighted by molar-refractivity contribution is 6.28. The first-order chi connectivity index (χ1) is 26.3. The summed E-state index contributed by atoms with van der Waals surface area (Å²) in [5.74, 6) is 1.15. The van der Waals surface area contributed by atoms with Crippen LogP contribution < -0.4 is 0 Å². The predicted octanol–water partition coefficient (Wildman–Crippen LogP) is 11.9. The molecule has 6 heteroatoms. The van der Waals surface area contributed by atoms with Gasteiger partial charge >= 0.3 is 0 Å². The average molecular weight is 678 g/mol. The van der Waals surface area contributed by atoms with Crippen LogP contribution in [0.5, 0.6) is 0 Å². The second-order valence-corrected chi connectivity index (χ2v) is 13.6. The number of hydrogen-bond donors (Lipinski definition) is 0. The lowest BCUT2D eigenvalue weighted by molar-refractivity contribution is 0.669. The largest absolute Gasteiger partial charge is 0.456 e. The Bertz CT molecular complexity index is 3380. The van der Waals surface area contributed by atoms with Crippen molar-refractivity contribution in [2.75, 3.05) is 0 Å². The summed E-state index contributed by atoms with van der Waals surface area (Å²) in [7, 11) is 0. The highest BCUT2D eigenvalue weighted by atomic mass is 16.3. The molecule has 0 atom stereocenters. The Labute approximate surface area is 301 Å². The van der Waals surface area contributed by atoms with Crippen LogP contribution in [0.1, 0.15) is 0 Å². The number of benzene rings is 8. The van der Waals surface area contributed by atoms with Crippen LogP contribution in [-0.4, -0.2) is 24.1 Å². The maximum absolute atomic E-state index is 6.27. The van der Waals surface area contributed by atoms with E-state index in [-0.39, 0.29) is 0 Å². The normalized spacial score (nSPS) is 12.2. The molecule has 0 aliphatic rings. The molecule has 0 saturated carbocycles. The molecule has 0 bridgehead atoms. The van der Waals surface area contributed by atoms with Gasteiger partial charge in [-0.2, -0.15) is 9.50 Å². The van der Waals surface area contributed by atoms with E-state index in [0.29, 0.717) is 11.6 Å². The highest BCUT2D eigenvalue weighted by Crippen LogP contribution is 2.42. The molecule has 0 unspecified atom stereocenters. The predicted molar refractivity (Wildman–Crippen MR) is 216 cm³/mol. The van der Waals surface area contributed by atoms with Crippen LogP contribution in [0, 0.1) is 0 Å². The van der Waals surface area contributed by atoms with Crippen LogP contribution in [0.15, 0.2) is 168 Å². The van der Waals surface area contributed by atoms with Crippen molar-refractivity contribution in [1.29, 1.82) is 0 Å². The molecule has 0 spiro atoms. The van der Waals surface area contributed by atoms with Gasteiger partial charge in [0, 0.05) is 38.1 Å². The van der Waals surface area contributed by atoms with Crippen molar-refractivity contribution in [3.63, 3.8) is 0 Å². The summed E-state index contributed by atoms with van der Waals surface area (Å²) in [6.07, 6.45) is 0. The van der Waals surface area contributed by atoms with Gasteiger partial charge in [0.15, 0.2) is 5.82 Å². The van der Waals surface area contributed by atoms with Gasteiger partial charge in [0.05, 0.1) is 27.9 Å². The Balaban J connectivity index is 1.11. The van der Waals surface area contributed by atoms with Gasteiger partial charge in [-0.05, 0) is 70.1 Å². The zero-order chi connectivity index (χ0) is 34.6. The minimum Gasteiger partial charge on any atom is -0.456 e. The quantitative estimate of drug-likeness (QED) is 0.187. The van der Waals surface area contributed by atoms with Gasteiger partial charge < -0.3 is 8.98 Å². The Morgan fingerprint density at radius 1 is 0.453 bits per heavy atom. The van der Waals surface area contributed by atoms with E-state index in [2.05, 4.69) is 138 Å². The lowest BCUT2D eigenvalue weighted by Gasteiger charge is -2.12. The fraction of sp³-hybridized carbons (Fsp3) is 0. The molecule has 4 heterocycles. The molecule has 12 rings (SSSR count). The number of furan rings is 1. The van der Waals surface area contributed by atoms with Crippen LogP contribution in [0.2, 0.25) is 0 Å². The third-order valence-corrected chi connectivity index (χ3v) is 10.8. The minimum atomic E-state index is 0.535. The Morgan fingerprint density at radius 3 is 1.85 bits per heavy atom. The number of nitrogens with zero attached hydrogens (tertiary/aromatic N) is 5. The van der Waals surface area contributed by atoms with Crippen molar-refractivity contribution in [3.05, 3.63) is 164 Å². The fourth-order valence-corrected chi connectivity index (χ4v) is 8.43. The van der Waals surface area contributed by atoms with Crippen molar-refractivity contribution in [2.45, 2.75) is 0 Å². The van der Waals surface area contributed by atoms with E-state index in [0.717, 1.165) is 66.4 Å². The van der Waals surface area contributed by atoms with Crippen molar-refractivity contribution >= 4 is 82.0 Å². The molecule has 0 fully saturated rings. The van der Waals surface area contributed by atoms with E-state index in [1.54, 1.807) is 0 Å². The molecule has 6 nitrogen and oxygen atoms in total. The molecule has 246 valence electrons. The third-order valence-electron chi connectivity index (χ3n) is 10.8. The van der Waals surface area contributed by atoms with E-state index in [1.165, 1.54) is 32.3 Å². The van der Waals surface area contributed by atoms with Crippen LogP contribution >= 0.6 is 0 Å². The second-order valence-electron chi connectivity index (χ2n) is 13.6. The van der Waals surface area contributed by atoms with Crippen LogP contribution in [0.3, 0.4) is 0 Å². The molecule has 4 aromatic heterocycles. The van der Waals surface area contributed by atoms with Gasteiger partial charge in [-0.3, -0.25) is 0 Å². The van der Waals surface area contributed by atoms with Crippen LogP contribution in [0.4, 0.5) is 0 Å². The van der Waals surface area contributed by atoms with Crippen LogP contribution in [-0.2, 0) is 0 Å². The summed E-state index contributed by atoms with van der Waals surface area (Å²) in [4.78, 5) is 10.3. The summed E-state index contributed by atoms with van der Waals surface area (Å²) in [5.41, 5.74) is 8.64. The average Bonchev–Trinajstić information content (AvgIpc) is 3.92. The Morgan fingerprint density at radius 2 is 1.08 bits per heavy atom. The summed E-state index contributed by atoms with van der Waals surface area (Å²) < 4.78 is 10.5. The minimum absolute atomic E-state index is 0.535. The monoisotopic (exact) mass is 677 g/mol. The molecule has 0 radical (unpaired) electrons. The maximum atomic E-state index is 6.27. The number of rotatable bonds is 3. The SMILES string of the molecule is c1ccc(-n2c3ccc4ccccc4c3c3c4ccccc4ccc32)c(-c2nc3nc(-c4ccc5c(c4)oc4ccccc45)c4ccccc4n3n2)c1. The summed E-state index contributed by atoms with van der Waals surface area (Å²) >= 11 is 0. The molecule has 0 amide bonds. The topological polar surface area (TPSA) is 61.2 Å². The fourth-order valence-electron chi connectivity index (χ4n) is 8.43. The molecular weight excluding hydrogens is 651 g/mol. The van der Waals surface area contributed by atoms with E-state index in [1.807, 2.05) is 34.8 Å².